The van der Waals surface area contributed by atoms with Crippen LogP contribution >= 0.6 is 11.6 Å². The number of hydrogen-bond acceptors (Lipinski definition) is 4. The number of pyridine rings is 1. The lowest BCUT2D eigenvalue weighted by molar-refractivity contribution is 0.159. The summed E-state index contributed by atoms with van der Waals surface area (Å²) in [5.41, 5.74) is 4.51. The second-order valence-electron chi connectivity index (χ2n) is 8.66. The molecule has 0 radical (unpaired) electrons. The molecule has 4 heterocycles. The van der Waals surface area contributed by atoms with E-state index in [1.54, 1.807) is 24.5 Å². The molecule has 7 nitrogen and oxygen atoms in total. The number of nitrogens with one attached hydrogen (secondary N) is 2. The van der Waals surface area contributed by atoms with Crippen molar-refractivity contribution < 1.29 is 9.18 Å². The molecule has 0 spiro atoms. The summed E-state index contributed by atoms with van der Waals surface area (Å²) >= 11 is 6.21. The van der Waals surface area contributed by atoms with Crippen LogP contribution in [0.3, 0.4) is 0 Å². The molecule has 2 amide bonds. The number of amides is 2. The number of halogens is 2. The Morgan fingerprint density at radius 3 is 2.91 bits per heavy atom. The SMILES string of the molecule is O=C(N[C@@H]1CCCN(Cc2c(F)cccc2Cl)C1)N1CCc2[nH]nc(-c3ccncc3)c2C1. The molecule has 1 atom stereocenters. The molecule has 5 rings (SSSR count). The summed E-state index contributed by atoms with van der Waals surface area (Å²) in [6, 6.07) is 8.56. The summed E-state index contributed by atoms with van der Waals surface area (Å²) in [6.45, 7) is 3.11. The van der Waals surface area contributed by atoms with Crippen molar-refractivity contribution >= 4 is 17.6 Å². The summed E-state index contributed by atoms with van der Waals surface area (Å²) in [6.07, 6.45) is 6.07. The summed E-state index contributed by atoms with van der Waals surface area (Å²) in [5, 5.41) is 11.2. The topological polar surface area (TPSA) is 77.2 Å². The lowest BCUT2D eigenvalue weighted by Crippen LogP contribution is -2.52. The number of nitrogens with zero attached hydrogens (tertiary/aromatic N) is 4. The van der Waals surface area contributed by atoms with Crippen molar-refractivity contribution in [1.29, 1.82) is 0 Å². The summed E-state index contributed by atoms with van der Waals surface area (Å²) < 4.78 is 14.2. The van der Waals surface area contributed by atoms with Gasteiger partial charge in [0.25, 0.3) is 0 Å². The van der Waals surface area contributed by atoms with E-state index in [9.17, 15) is 9.18 Å². The van der Waals surface area contributed by atoms with E-state index < -0.39 is 0 Å². The fourth-order valence-corrected chi connectivity index (χ4v) is 4.93. The van der Waals surface area contributed by atoms with Gasteiger partial charge >= 0.3 is 6.03 Å². The predicted molar refractivity (Wildman–Crippen MR) is 124 cm³/mol. The van der Waals surface area contributed by atoms with Crippen molar-refractivity contribution in [2.45, 2.75) is 38.4 Å². The Bertz CT molecular complexity index is 1120. The van der Waals surface area contributed by atoms with Gasteiger partial charge in [-0.15, -0.1) is 0 Å². The Morgan fingerprint density at radius 2 is 2.09 bits per heavy atom. The van der Waals surface area contributed by atoms with Gasteiger partial charge in [-0.3, -0.25) is 15.0 Å². The third-order valence-electron chi connectivity index (χ3n) is 6.45. The first-order valence-corrected chi connectivity index (χ1v) is 11.6. The highest BCUT2D eigenvalue weighted by molar-refractivity contribution is 6.31. The van der Waals surface area contributed by atoms with Gasteiger partial charge in [0.15, 0.2) is 0 Å². The minimum absolute atomic E-state index is 0.0159. The lowest BCUT2D eigenvalue weighted by Gasteiger charge is -2.35. The fourth-order valence-electron chi connectivity index (χ4n) is 4.71. The number of aromatic nitrogens is 3. The van der Waals surface area contributed by atoms with Gasteiger partial charge in [0, 0.05) is 71.9 Å². The maximum Gasteiger partial charge on any atom is 0.317 e. The van der Waals surface area contributed by atoms with Crippen LogP contribution in [0.15, 0.2) is 42.7 Å². The van der Waals surface area contributed by atoms with Gasteiger partial charge < -0.3 is 10.2 Å². The molecule has 2 aliphatic heterocycles. The molecule has 33 heavy (non-hydrogen) atoms. The van der Waals surface area contributed by atoms with E-state index in [-0.39, 0.29) is 17.9 Å². The number of carbonyl (C=O) groups is 1. The van der Waals surface area contributed by atoms with Crippen molar-refractivity contribution in [3.05, 3.63) is 70.4 Å². The number of likely N-dealkylation sites (tertiary alicyclic amines) is 1. The molecule has 1 aromatic carbocycles. The van der Waals surface area contributed by atoms with Crippen LogP contribution in [-0.2, 0) is 19.5 Å². The third-order valence-corrected chi connectivity index (χ3v) is 6.81. The van der Waals surface area contributed by atoms with Crippen molar-refractivity contribution in [2.24, 2.45) is 0 Å². The number of hydrogen-bond donors (Lipinski definition) is 2. The normalized spacial score (nSPS) is 18.7. The number of piperidine rings is 1. The predicted octanol–water partition coefficient (Wildman–Crippen LogP) is 4.00. The number of benzene rings is 1. The Balaban J connectivity index is 1.22. The van der Waals surface area contributed by atoms with Gasteiger partial charge in [0.1, 0.15) is 5.82 Å². The smallest absolute Gasteiger partial charge is 0.317 e. The van der Waals surface area contributed by atoms with Gasteiger partial charge in [0.2, 0.25) is 0 Å². The molecule has 0 bridgehead atoms. The molecule has 2 aliphatic rings. The molecule has 1 fully saturated rings. The van der Waals surface area contributed by atoms with E-state index in [1.807, 2.05) is 17.0 Å². The second-order valence-corrected chi connectivity index (χ2v) is 9.07. The van der Waals surface area contributed by atoms with Crippen molar-refractivity contribution in [3.8, 4) is 11.3 Å². The quantitative estimate of drug-likeness (QED) is 0.606. The van der Waals surface area contributed by atoms with Crippen LogP contribution in [0.2, 0.25) is 5.02 Å². The second kappa shape index (κ2) is 9.49. The molecule has 172 valence electrons. The molecule has 2 aromatic heterocycles. The first-order chi connectivity index (χ1) is 16.1. The van der Waals surface area contributed by atoms with E-state index in [1.165, 1.54) is 6.07 Å². The van der Waals surface area contributed by atoms with Crippen LogP contribution in [0.5, 0.6) is 0 Å². The van der Waals surface area contributed by atoms with Gasteiger partial charge in [-0.25, -0.2) is 9.18 Å². The molecule has 2 N–H and O–H groups in total. The first-order valence-electron chi connectivity index (χ1n) is 11.3. The monoisotopic (exact) mass is 468 g/mol. The number of rotatable bonds is 4. The first kappa shape index (κ1) is 21.9. The molecule has 0 saturated carbocycles. The van der Waals surface area contributed by atoms with E-state index in [0.717, 1.165) is 48.3 Å². The minimum atomic E-state index is -0.289. The minimum Gasteiger partial charge on any atom is -0.334 e. The van der Waals surface area contributed by atoms with Crippen molar-refractivity contribution in [1.82, 2.24) is 30.3 Å². The van der Waals surface area contributed by atoms with Gasteiger partial charge in [0.05, 0.1) is 12.2 Å². The van der Waals surface area contributed by atoms with Crippen LogP contribution in [-0.4, -0.2) is 56.7 Å². The number of urea groups is 1. The van der Waals surface area contributed by atoms with Crippen molar-refractivity contribution in [3.63, 3.8) is 0 Å². The van der Waals surface area contributed by atoms with Gasteiger partial charge in [-0.2, -0.15) is 5.10 Å². The summed E-state index contributed by atoms with van der Waals surface area (Å²) in [4.78, 5) is 21.2. The van der Waals surface area contributed by atoms with Crippen LogP contribution < -0.4 is 5.32 Å². The Labute approximate surface area is 197 Å². The van der Waals surface area contributed by atoms with E-state index >= 15 is 0 Å². The highest BCUT2D eigenvalue weighted by Gasteiger charge is 2.28. The van der Waals surface area contributed by atoms with Crippen LogP contribution in [0.25, 0.3) is 11.3 Å². The number of carbonyl (C=O) groups excluding carboxylic acids is 1. The molecule has 3 aromatic rings. The van der Waals surface area contributed by atoms with Gasteiger partial charge in [-0.1, -0.05) is 17.7 Å². The average molecular weight is 469 g/mol. The van der Waals surface area contributed by atoms with E-state index in [4.69, 9.17) is 11.6 Å². The fraction of sp³-hybridized carbons (Fsp3) is 0.375. The molecular formula is C24H26ClFN6O. The standard InChI is InChI=1S/C24H26ClFN6O/c25-20-4-1-5-21(26)18(20)14-31-11-2-3-17(13-31)28-24(33)32-12-8-22-19(15-32)23(30-29-22)16-6-9-27-10-7-16/h1,4-7,9-10,17H,2-3,8,11-15H2,(H,28,33)(H,29,30)/t17-/m1/s1. The number of aromatic amines is 1. The lowest BCUT2D eigenvalue weighted by atomic mass is 10.0. The maximum atomic E-state index is 14.2. The highest BCUT2D eigenvalue weighted by atomic mass is 35.5. The molecular weight excluding hydrogens is 443 g/mol. The van der Waals surface area contributed by atoms with Crippen LogP contribution in [0.1, 0.15) is 29.7 Å². The Kier molecular flexibility index (Phi) is 6.28. The van der Waals surface area contributed by atoms with Crippen LogP contribution in [0, 0.1) is 5.82 Å². The number of fused-ring (bicyclic) bond motifs is 1. The van der Waals surface area contributed by atoms with Crippen molar-refractivity contribution in [2.75, 3.05) is 19.6 Å². The Hall–Kier alpha value is -2.97. The van der Waals surface area contributed by atoms with E-state index in [0.29, 0.717) is 36.8 Å². The zero-order chi connectivity index (χ0) is 22.8. The Morgan fingerprint density at radius 1 is 1.24 bits per heavy atom. The van der Waals surface area contributed by atoms with E-state index in [2.05, 4.69) is 25.4 Å². The summed E-state index contributed by atoms with van der Waals surface area (Å²) in [5.74, 6) is -0.289. The third kappa shape index (κ3) is 4.72. The zero-order valence-electron chi connectivity index (χ0n) is 18.2. The zero-order valence-corrected chi connectivity index (χ0v) is 19.0. The molecule has 0 unspecified atom stereocenters. The largest absolute Gasteiger partial charge is 0.334 e. The molecule has 9 heteroatoms. The average Bonchev–Trinajstić information content (AvgIpc) is 3.26. The maximum absolute atomic E-state index is 14.2. The van der Waals surface area contributed by atoms with Crippen LogP contribution in [0.4, 0.5) is 9.18 Å². The molecule has 0 aliphatic carbocycles. The van der Waals surface area contributed by atoms with Gasteiger partial charge in [-0.05, 0) is 43.7 Å². The molecule has 1 saturated heterocycles. The number of H-pyrrole nitrogens is 1. The summed E-state index contributed by atoms with van der Waals surface area (Å²) in [7, 11) is 0. The highest BCUT2D eigenvalue weighted by Crippen LogP contribution is 2.28.